The second-order valence-electron chi connectivity index (χ2n) is 5.78. The maximum absolute atomic E-state index is 4.29. The molecular weight excluding hydrogens is 222 g/mol. The summed E-state index contributed by atoms with van der Waals surface area (Å²) in [4.78, 5) is 0. The van der Waals surface area contributed by atoms with Crippen molar-refractivity contribution >= 4 is 0 Å². The smallest absolute Gasteiger partial charge is 0.0534 e. The first-order valence-electron chi connectivity index (χ1n) is 7.00. The lowest BCUT2D eigenvalue weighted by molar-refractivity contribution is 0.377. The minimum atomic E-state index is 0.749. The van der Waals surface area contributed by atoms with Gasteiger partial charge < -0.3 is 5.32 Å². The molecule has 1 N–H and O–H groups in total. The van der Waals surface area contributed by atoms with Gasteiger partial charge in [0.25, 0.3) is 0 Å². The van der Waals surface area contributed by atoms with Gasteiger partial charge in [-0.15, -0.1) is 0 Å². The van der Waals surface area contributed by atoms with Gasteiger partial charge >= 0.3 is 0 Å². The van der Waals surface area contributed by atoms with Crippen LogP contribution in [-0.4, -0.2) is 22.9 Å². The molecule has 1 heterocycles. The Balaban J connectivity index is 1.65. The number of nitrogens with zero attached hydrogens (tertiary/aromatic N) is 2. The maximum Gasteiger partial charge on any atom is 0.0534 e. The lowest BCUT2D eigenvalue weighted by Gasteiger charge is -2.25. The Bertz CT molecular complexity index is 406. The molecule has 0 radical (unpaired) electrons. The van der Waals surface area contributed by atoms with E-state index in [-0.39, 0.29) is 0 Å². The third-order valence-corrected chi connectivity index (χ3v) is 3.60. The normalized spacial score (nSPS) is 24.1. The molecule has 2 atom stereocenters. The summed E-state index contributed by atoms with van der Waals surface area (Å²) in [5.74, 6) is 1.56. The van der Waals surface area contributed by atoms with Crippen molar-refractivity contribution in [3.05, 3.63) is 29.6 Å². The zero-order chi connectivity index (χ0) is 13.0. The molecular formula is C15H25N3. The summed E-state index contributed by atoms with van der Waals surface area (Å²) in [6.07, 6.45) is 9.01. The average Bonchev–Trinajstić information content (AvgIpc) is 2.69. The fraction of sp³-hybridized carbons (Fsp3) is 0.667. The second-order valence-corrected chi connectivity index (χ2v) is 5.78. The van der Waals surface area contributed by atoms with Gasteiger partial charge in [-0.2, -0.15) is 5.10 Å². The van der Waals surface area contributed by atoms with E-state index in [1.165, 1.54) is 18.4 Å². The summed E-state index contributed by atoms with van der Waals surface area (Å²) >= 11 is 0. The van der Waals surface area contributed by atoms with Crippen molar-refractivity contribution in [1.29, 1.82) is 0 Å². The molecule has 3 heteroatoms. The van der Waals surface area contributed by atoms with Gasteiger partial charge in [0.2, 0.25) is 0 Å². The molecule has 0 saturated carbocycles. The Morgan fingerprint density at radius 3 is 2.94 bits per heavy atom. The molecule has 2 rings (SSSR count). The summed E-state index contributed by atoms with van der Waals surface area (Å²) in [7, 11) is 0. The van der Waals surface area contributed by atoms with Crippen molar-refractivity contribution < 1.29 is 0 Å². The standard InChI is InChI=1S/C15H25N3/c1-12-6-13(2)8-15(7-12)10-16-4-5-18-11-14(3)9-17-18/h6,9,11-12,15-16H,4-5,7-8,10H2,1-3H3. The van der Waals surface area contributed by atoms with Gasteiger partial charge in [-0.1, -0.05) is 18.6 Å². The van der Waals surface area contributed by atoms with Crippen molar-refractivity contribution in [2.45, 2.75) is 40.2 Å². The molecule has 0 saturated heterocycles. The molecule has 1 aromatic rings. The fourth-order valence-corrected chi connectivity index (χ4v) is 2.93. The fourth-order valence-electron chi connectivity index (χ4n) is 2.93. The van der Waals surface area contributed by atoms with Gasteiger partial charge in [0, 0.05) is 12.7 Å². The first-order chi connectivity index (χ1) is 8.63. The van der Waals surface area contributed by atoms with Crippen molar-refractivity contribution in [2.75, 3.05) is 13.1 Å². The largest absolute Gasteiger partial charge is 0.315 e. The predicted octanol–water partition coefficient (Wildman–Crippen LogP) is 2.77. The van der Waals surface area contributed by atoms with Crippen molar-refractivity contribution in [1.82, 2.24) is 15.1 Å². The van der Waals surface area contributed by atoms with Gasteiger partial charge in [-0.25, -0.2) is 0 Å². The SMILES string of the molecule is CC1=CC(C)CC(CNCCn2cc(C)cn2)C1. The van der Waals surface area contributed by atoms with Crippen molar-refractivity contribution in [3.63, 3.8) is 0 Å². The van der Waals surface area contributed by atoms with Crippen LogP contribution >= 0.6 is 0 Å². The number of aryl methyl sites for hydroxylation is 1. The van der Waals surface area contributed by atoms with E-state index in [1.807, 2.05) is 10.9 Å². The van der Waals surface area contributed by atoms with Crippen LogP contribution in [0.25, 0.3) is 0 Å². The highest BCUT2D eigenvalue weighted by Gasteiger charge is 2.17. The highest BCUT2D eigenvalue weighted by molar-refractivity contribution is 5.06. The Morgan fingerprint density at radius 2 is 2.28 bits per heavy atom. The molecule has 18 heavy (non-hydrogen) atoms. The molecule has 0 aliphatic heterocycles. The van der Waals surface area contributed by atoms with Crippen molar-refractivity contribution in [3.8, 4) is 0 Å². The summed E-state index contributed by atoms with van der Waals surface area (Å²) in [6.45, 7) is 9.77. The van der Waals surface area contributed by atoms with Crippen LogP contribution in [0.4, 0.5) is 0 Å². The average molecular weight is 247 g/mol. The Labute approximate surface area is 110 Å². The van der Waals surface area contributed by atoms with Gasteiger partial charge in [0.15, 0.2) is 0 Å². The van der Waals surface area contributed by atoms with Crippen LogP contribution in [0.1, 0.15) is 32.3 Å². The highest BCUT2D eigenvalue weighted by atomic mass is 15.3. The minimum Gasteiger partial charge on any atom is -0.315 e. The van der Waals surface area contributed by atoms with Gasteiger partial charge in [-0.3, -0.25) is 4.68 Å². The number of allylic oxidation sites excluding steroid dienone is 2. The van der Waals surface area contributed by atoms with E-state index < -0.39 is 0 Å². The first-order valence-corrected chi connectivity index (χ1v) is 7.00. The molecule has 0 amide bonds. The lowest BCUT2D eigenvalue weighted by Crippen LogP contribution is -2.28. The van der Waals surface area contributed by atoms with Gasteiger partial charge in [0.05, 0.1) is 12.7 Å². The molecule has 3 nitrogen and oxygen atoms in total. The molecule has 1 aromatic heterocycles. The van der Waals surface area contributed by atoms with E-state index >= 15 is 0 Å². The van der Waals surface area contributed by atoms with E-state index in [0.29, 0.717) is 0 Å². The van der Waals surface area contributed by atoms with Crippen LogP contribution in [0.15, 0.2) is 24.0 Å². The Kier molecular flexibility index (Phi) is 4.59. The quantitative estimate of drug-likeness (QED) is 0.640. The monoisotopic (exact) mass is 247 g/mol. The summed E-state index contributed by atoms with van der Waals surface area (Å²) in [5, 5.41) is 7.86. The Hall–Kier alpha value is -1.09. The maximum atomic E-state index is 4.29. The summed E-state index contributed by atoms with van der Waals surface area (Å²) < 4.78 is 2.01. The number of hydrogen-bond donors (Lipinski definition) is 1. The zero-order valence-corrected chi connectivity index (χ0v) is 11.8. The minimum absolute atomic E-state index is 0.749. The van der Waals surface area contributed by atoms with E-state index in [9.17, 15) is 0 Å². The molecule has 2 unspecified atom stereocenters. The summed E-state index contributed by atoms with van der Waals surface area (Å²) in [6, 6.07) is 0. The van der Waals surface area contributed by atoms with Crippen LogP contribution in [0.2, 0.25) is 0 Å². The molecule has 1 aliphatic rings. The van der Waals surface area contributed by atoms with Crippen LogP contribution < -0.4 is 5.32 Å². The van der Waals surface area contributed by atoms with Gasteiger partial charge in [0.1, 0.15) is 0 Å². The van der Waals surface area contributed by atoms with Crippen LogP contribution in [-0.2, 0) is 6.54 Å². The van der Waals surface area contributed by atoms with E-state index in [4.69, 9.17) is 0 Å². The first kappa shape index (κ1) is 13.3. The topological polar surface area (TPSA) is 29.9 Å². The molecule has 0 aromatic carbocycles. The van der Waals surface area contributed by atoms with Crippen molar-refractivity contribution in [2.24, 2.45) is 11.8 Å². The Morgan fingerprint density at radius 1 is 1.44 bits per heavy atom. The molecule has 1 aliphatic carbocycles. The molecule has 0 spiro atoms. The predicted molar refractivity (Wildman–Crippen MR) is 75.5 cm³/mol. The second kappa shape index (κ2) is 6.19. The van der Waals surface area contributed by atoms with Gasteiger partial charge in [-0.05, 0) is 50.6 Å². The van der Waals surface area contributed by atoms with Crippen LogP contribution in [0.3, 0.4) is 0 Å². The molecule has 100 valence electrons. The molecule has 0 fully saturated rings. The third kappa shape index (κ3) is 3.98. The van der Waals surface area contributed by atoms with Crippen LogP contribution in [0, 0.1) is 18.8 Å². The summed E-state index contributed by atoms with van der Waals surface area (Å²) in [5.41, 5.74) is 2.79. The lowest BCUT2D eigenvalue weighted by atomic mass is 9.84. The van der Waals surface area contributed by atoms with Crippen LogP contribution in [0.5, 0.6) is 0 Å². The van der Waals surface area contributed by atoms with E-state index in [2.05, 4.69) is 43.5 Å². The number of nitrogens with one attached hydrogen (secondary N) is 1. The van der Waals surface area contributed by atoms with E-state index in [0.717, 1.165) is 31.5 Å². The number of rotatable bonds is 5. The molecule has 0 bridgehead atoms. The number of hydrogen-bond acceptors (Lipinski definition) is 2. The zero-order valence-electron chi connectivity index (χ0n) is 11.8. The number of aromatic nitrogens is 2. The third-order valence-electron chi connectivity index (χ3n) is 3.60. The van der Waals surface area contributed by atoms with E-state index in [1.54, 1.807) is 5.57 Å². The highest BCUT2D eigenvalue weighted by Crippen LogP contribution is 2.27.